The van der Waals surface area contributed by atoms with Crippen LogP contribution < -0.4 is 9.75 Å². The Hall–Kier alpha value is -3.62. The molecule has 0 aliphatic carbocycles. The van der Waals surface area contributed by atoms with Crippen LogP contribution in [0.1, 0.15) is 24.0 Å². The highest BCUT2D eigenvalue weighted by atomic mass is 19.1. The number of anilines is 1. The molecule has 9 heteroatoms. The number of carbonyl (C=O) groups is 2. The van der Waals surface area contributed by atoms with Crippen LogP contribution in [0.25, 0.3) is 0 Å². The molecule has 1 amide bonds. The minimum absolute atomic E-state index is 0.0160. The molecule has 144 valence electrons. The second-order valence-electron chi connectivity index (χ2n) is 6.30. The van der Waals surface area contributed by atoms with Gasteiger partial charge in [-0.25, -0.2) is 9.18 Å². The minimum Gasteiger partial charge on any atom is -0.414 e. The monoisotopic (exact) mass is 385 g/mol. The SMILES string of the molecule is Cc1ccc(C)c(N2N=C(C(=O)Oc3cc(F)ccc3[N+](=O)[O-])CCC2=O)c1. The van der Waals surface area contributed by atoms with Gasteiger partial charge < -0.3 is 4.74 Å². The number of esters is 1. The molecule has 0 spiro atoms. The molecule has 3 rings (SSSR count). The molecule has 8 nitrogen and oxygen atoms in total. The Morgan fingerprint density at radius 1 is 1.21 bits per heavy atom. The van der Waals surface area contributed by atoms with E-state index in [1.165, 1.54) is 0 Å². The van der Waals surface area contributed by atoms with Gasteiger partial charge in [0, 0.05) is 25.0 Å². The molecule has 1 heterocycles. The second kappa shape index (κ2) is 7.55. The number of benzene rings is 2. The Bertz CT molecular complexity index is 1020. The van der Waals surface area contributed by atoms with Crippen molar-refractivity contribution in [2.75, 3.05) is 5.01 Å². The lowest BCUT2D eigenvalue weighted by Crippen LogP contribution is -2.36. The normalized spacial score (nSPS) is 13.9. The number of nitrogens with zero attached hydrogens (tertiary/aromatic N) is 3. The highest BCUT2D eigenvalue weighted by Crippen LogP contribution is 2.29. The predicted octanol–water partition coefficient (Wildman–Crippen LogP) is 3.44. The van der Waals surface area contributed by atoms with Crippen molar-refractivity contribution >= 4 is 29.0 Å². The number of aryl methyl sites for hydroxylation is 2. The Balaban J connectivity index is 1.92. The molecule has 1 aliphatic heterocycles. The molecule has 0 radical (unpaired) electrons. The number of carbonyl (C=O) groups excluding carboxylic acids is 2. The summed E-state index contributed by atoms with van der Waals surface area (Å²) >= 11 is 0. The summed E-state index contributed by atoms with van der Waals surface area (Å²) in [6, 6.07) is 8.04. The highest BCUT2D eigenvalue weighted by Gasteiger charge is 2.29. The summed E-state index contributed by atoms with van der Waals surface area (Å²) in [6.45, 7) is 3.67. The third-order valence-electron chi connectivity index (χ3n) is 4.18. The summed E-state index contributed by atoms with van der Waals surface area (Å²) < 4.78 is 18.4. The van der Waals surface area contributed by atoms with Gasteiger partial charge in [0.15, 0.2) is 0 Å². The van der Waals surface area contributed by atoms with E-state index < -0.39 is 28.1 Å². The first-order valence-corrected chi connectivity index (χ1v) is 8.40. The van der Waals surface area contributed by atoms with Crippen LogP contribution in [0.2, 0.25) is 0 Å². The number of hydrazone groups is 1. The lowest BCUT2D eigenvalue weighted by atomic mass is 10.1. The molecule has 1 aliphatic rings. The van der Waals surface area contributed by atoms with Crippen LogP contribution in [-0.2, 0) is 9.59 Å². The van der Waals surface area contributed by atoms with Gasteiger partial charge in [-0.2, -0.15) is 10.1 Å². The summed E-state index contributed by atoms with van der Waals surface area (Å²) in [7, 11) is 0. The number of nitro groups is 1. The third kappa shape index (κ3) is 3.88. The van der Waals surface area contributed by atoms with Crippen molar-refractivity contribution < 1.29 is 23.6 Å². The first-order chi connectivity index (χ1) is 13.3. The average molecular weight is 385 g/mol. The van der Waals surface area contributed by atoms with Crippen molar-refractivity contribution in [3.05, 3.63) is 63.5 Å². The minimum atomic E-state index is -0.975. The van der Waals surface area contributed by atoms with Crippen LogP contribution in [0.15, 0.2) is 41.5 Å². The van der Waals surface area contributed by atoms with E-state index in [1.807, 2.05) is 19.1 Å². The Kier molecular flexibility index (Phi) is 5.16. The maximum atomic E-state index is 13.4. The zero-order valence-electron chi connectivity index (χ0n) is 15.1. The van der Waals surface area contributed by atoms with Crippen molar-refractivity contribution in [2.24, 2.45) is 5.10 Å². The van der Waals surface area contributed by atoms with Gasteiger partial charge in [0.25, 0.3) is 0 Å². The number of amides is 1. The molecule has 28 heavy (non-hydrogen) atoms. The van der Waals surface area contributed by atoms with Crippen molar-refractivity contribution in [3.63, 3.8) is 0 Å². The van der Waals surface area contributed by atoms with E-state index in [0.29, 0.717) is 5.69 Å². The van der Waals surface area contributed by atoms with Gasteiger partial charge >= 0.3 is 11.7 Å². The van der Waals surface area contributed by atoms with Gasteiger partial charge in [-0.15, -0.1) is 0 Å². The lowest BCUT2D eigenvalue weighted by Gasteiger charge is -2.24. The first-order valence-electron chi connectivity index (χ1n) is 8.40. The topological polar surface area (TPSA) is 102 Å². The number of hydrogen-bond donors (Lipinski definition) is 0. The van der Waals surface area contributed by atoms with Gasteiger partial charge in [0.05, 0.1) is 10.6 Å². The molecule has 0 fully saturated rings. The van der Waals surface area contributed by atoms with Gasteiger partial charge in [-0.3, -0.25) is 14.9 Å². The zero-order chi connectivity index (χ0) is 20.4. The first kappa shape index (κ1) is 19.2. The third-order valence-corrected chi connectivity index (χ3v) is 4.18. The van der Waals surface area contributed by atoms with Crippen LogP contribution in [0.4, 0.5) is 15.8 Å². The fourth-order valence-corrected chi connectivity index (χ4v) is 2.72. The van der Waals surface area contributed by atoms with E-state index in [-0.39, 0.29) is 24.5 Å². The van der Waals surface area contributed by atoms with Gasteiger partial charge in [0.2, 0.25) is 11.7 Å². The molecule has 2 aromatic rings. The van der Waals surface area contributed by atoms with Crippen molar-refractivity contribution in [2.45, 2.75) is 26.7 Å². The fraction of sp³-hybridized carbons (Fsp3) is 0.211. The largest absolute Gasteiger partial charge is 0.414 e. The maximum Gasteiger partial charge on any atom is 0.360 e. The quantitative estimate of drug-likeness (QED) is 0.347. The molecule has 0 saturated heterocycles. The smallest absolute Gasteiger partial charge is 0.360 e. The number of rotatable bonds is 4. The van der Waals surface area contributed by atoms with Crippen LogP contribution in [0.5, 0.6) is 5.75 Å². The molecule has 2 aromatic carbocycles. The van der Waals surface area contributed by atoms with E-state index in [2.05, 4.69) is 5.10 Å². The van der Waals surface area contributed by atoms with Gasteiger partial charge in [-0.05, 0) is 37.1 Å². The average Bonchev–Trinajstić information content (AvgIpc) is 2.64. The zero-order valence-corrected chi connectivity index (χ0v) is 15.1. The molecule has 0 N–H and O–H groups in total. The molecular weight excluding hydrogens is 369 g/mol. The number of halogens is 1. The van der Waals surface area contributed by atoms with E-state index in [9.17, 15) is 24.1 Å². The highest BCUT2D eigenvalue weighted by molar-refractivity contribution is 6.38. The summed E-state index contributed by atoms with van der Waals surface area (Å²) in [6.07, 6.45) is 0.0364. The van der Waals surface area contributed by atoms with E-state index >= 15 is 0 Å². The van der Waals surface area contributed by atoms with Crippen LogP contribution >= 0.6 is 0 Å². The lowest BCUT2D eigenvalue weighted by molar-refractivity contribution is -0.385. The Morgan fingerprint density at radius 2 is 1.96 bits per heavy atom. The summed E-state index contributed by atoms with van der Waals surface area (Å²) in [5, 5.41) is 16.3. The van der Waals surface area contributed by atoms with Crippen molar-refractivity contribution in [1.82, 2.24) is 0 Å². The fourth-order valence-electron chi connectivity index (χ4n) is 2.72. The van der Waals surface area contributed by atoms with Crippen LogP contribution in [0.3, 0.4) is 0 Å². The Labute approximate surface area is 159 Å². The van der Waals surface area contributed by atoms with E-state index in [1.54, 1.807) is 13.0 Å². The standard InChI is InChI=1S/C19H16FN3O5/c1-11-3-4-12(2)16(9-11)22-18(24)8-6-14(21-22)19(25)28-17-10-13(20)5-7-15(17)23(26)27/h3-5,7,9-10H,6,8H2,1-2H3. The number of nitro benzene ring substituents is 1. The number of hydrogen-bond acceptors (Lipinski definition) is 6. The van der Waals surface area contributed by atoms with Crippen molar-refractivity contribution in [1.29, 1.82) is 0 Å². The molecule has 0 saturated carbocycles. The predicted molar refractivity (Wildman–Crippen MR) is 98.8 cm³/mol. The molecule has 0 atom stereocenters. The Morgan fingerprint density at radius 3 is 2.68 bits per heavy atom. The van der Waals surface area contributed by atoms with Gasteiger partial charge in [-0.1, -0.05) is 12.1 Å². The van der Waals surface area contributed by atoms with Crippen molar-refractivity contribution in [3.8, 4) is 5.75 Å². The van der Waals surface area contributed by atoms with E-state index in [0.717, 1.165) is 34.3 Å². The van der Waals surface area contributed by atoms with Crippen LogP contribution in [0, 0.1) is 29.8 Å². The summed E-state index contributed by atoms with van der Waals surface area (Å²) in [5.74, 6) is -2.57. The number of ether oxygens (including phenoxy) is 1. The second-order valence-corrected chi connectivity index (χ2v) is 6.30. The molecule has 0 unspecified atom stereocenters. The van der Waals surface area contributed by atoms with Gasteiger partial charge in [0.1, 0.15) is 11.5 Å². The van der Waals surface area contributed by atoms with Crippen LogP contribution in [-0.4, -0.2) is 22.5 Å². The molecule has 0 aromatic heterocycles. The summed E-state index contributed by atoms with van der Waals surface area (Å²) in [4.78, 5) is 35.0. The summed E-state index contributed by atoms with van der Waals surface area (Å²) in [5.41, 5.74) is 1.60. The van der Waals surface area contributed by atoms with E-state index in [4.69, 9.17) is 4.74 Å². The molecule has 0 bridgehead atoms. The molecular formula is C19H16FN3O5. The maximum absolute atomic E-state index is 13.4.